The van der Waals surface area contributed by atoms with E-state index in [-0.39, 0.29) is 11.2 Å². The fourth-order valence-corrected chi connectivity index (χ4v) is 3.73. The minimum Gasteiger partial charge on any atom is -0.360 e. The van der Waals surface area contributed by atoms with Gasteiger partial charge in [-0.3, -0.25) is 4.79 Å². The molecule has 2 aromatic rings. The van der Waals surface area contributed by atoms with Gasteiger partial charge in [0.15, 0.2) is 4.34 Å². The van der Waals surface area contributed by atoms with Gasteiger partial charge in [0, 0.05) is 17.3 Å². The lowest BCUT2D eigenvalue weighted by Crippen LogP contribution is -2.22. The Morgan fingerprint density at radius 3 is 2.78 bits per heavy atom. The van der Waals surface area contributed by atoms with E-state index in [0.717, 1.165) is 34.5 Å². The monoisotopic (exact) mass is 370 g/mol. The zero-order valence-corrected chi connectivity index (χ0v) is 15.4. The van der Waals surface area contributed by atoms with Gasteiger partial charge in [-0.05, 0) is 37.6 Å². The van der Waals surface area contributed by atoms with Crippen molar-refractivity contribution in [3.05, 3.63) is 29.3 Å². The summed E-state index contributed by atoms with van der Waals surface area (Å²) in [4.78, 5) is 12.2. The maximum atomic E-state index is 12.2. The fraction of sp³-hybridized carbons (Fsp3) is 0.400. The van der Waals surface area contributed by atoms with E-state index < -0.39 is 0 Å². The number of amides is 1. The van der Waals surface area contributed by atoms with Crippen LogP contribution < -0.4 is 10.6 Å². The van der Waals surface area contributed by atoms with Crippen molar-refractivity contribution in [1.82, 2.24) is 10.2 Å². The van der Waals surface area contributed by atoms with Crippen molar-refractivity contribution in [2.45, 2.75) is 36.3 Å². The fourth-order valence-electron chi connectivity index (χ4n) is 1.68. The Morgan fingerprint density at radius 2 is 2.09 bits per heavy atom. The van der Waals surface area contributed by atoms with Gasteiger partial charge < -0.3 is 10.6 Å². The quantitative estimate of drug-likeness (QED) is 0.528. The summed E-state index contributed by atoms with van der Waals surface area (Å²) in [6.07, 6.45) is 2.23. The first-order valence-electron chi connectivity index (χ1n) is 7.39. The number of unbranched alkanes of at least 4 members (excludes halogenated alkanes) is 1. The summed E-state index contributed by atoms with van der Waals surface area (Å²) in [6.45, 7) is 4.88. The molecule has 1 aromatic heterocycles. The van der Waals surface area contributed by atoms with E-state index in [1.807, 2.05) is 6.92 Å². The van der Waals surface area contributed by atoms with Gasteiger partial charge in [-0.25, -0.2) is 0 Å². The molecule has 0 unspecified atom stereocenters. The molecule has 2 rings (SSSR count). The van der Waals surface area contributed by atoms with Crippen LogP contribution in [0.15, 0.2) is 28.6 Å². The molecule has 0 aliphatic carbocycles. The largest absolute Gasteiger partial charge is 0.360 e. The standard InChI is InChI=1S/C15H19ClN4OS2/c1-3-4-9-17-14-19-20-15(23-14)22-10(2)13(21)18-12-7-5-11(16)6-8-12/h5-8,10H,3-4,9H2,1-2H3,(H,17,19)(H,18,21)/t10-/m0/s1. The highest BCUT2D eigenvalue weighted by atomic mass is 35.5. The van der Waals surface area contributed by atoms with E-state index >= 15 is 0 Å². The summed E-state index contributed by atoms with van der Waals surface area (Å²) in [5.41, 5.74) is 0.728. The number of nitrogens with zero attached hydrogens (tertiary/aromatic N) is 2. The third kappa shape index (κ3) is 6.01. The number of hydrogen-bond donors (Lipinski definition) is 2. The maximum absolute atomic E-state index is 12.2. The summed E-state index contributed by atoms with van der Waals surface area (Å²) >= 11 is 8.70. The third-order valence-corrected chi connectivity index (χ3v) is 5.29. The summed E-state index contributed by atoms with van der Waals surface area (Å²) < 4.78 is 0.780. The average Bonchev–Trinajstić information content (AvgIpc) is 2.97. The van der Waals surface area contributed by atoms with Crippen LogP contribution in [0.1, 0.15) is 26.7 Å². The first-order valence-corrected chi connectivity index (χ1v) is 9.46. The van der Waals surface area contributed by atoms with E-state index in [1.54, 1.807) is 24.3 Å². The number of carbonyl (C=O) groups excluding carboxylic acids is 1. The van der Waals surface area contributed by atoms with E-state index in [0.29, 0.717) is 5.02 Å². The smallest absolute Gasteiger partial charge is 0.237 e. The van der Waals surface area contributed by atoms with Gasteiger partial charge in [0.2, 0.25) is 11.0 Å². The van der Waals surface area contributed by atoms with E-state index in [1.165, 1.54) is 23.1 Å². The third-order valence-electron chi connectivity index (χ3n) is 2.97. The van der Waals surface area contributed by atoms with Crippen molar-refractivity contribution >= 4 is 51.4 Å². The Kier molecular flexibility index (Phi) is 7.14. The van der Waals surface area contributed by atoms with E-state index in [2.05, 4.69) is 27.8 Å². The van der Waals surface area contributed by atoms with Gasteiger partial charge in [-0.1, -0.05) is 48.0 Å². The van der Waals surface area contributed by atoms with Crippen LogP contribution in [0.25, 0.3) is 0 Å². The molecule has 1 heterocycles. The average molecular weight is 371 g/mol. The summed E-state index contributed by atoms with van der Waals surface area (Å²) in [6, 6.07) is 7.04. The lowest BCUT2D eigenvalue weighted by Gasteiger charge is -2.10. The molecule has 124 valence electrons. The Morgan fingerprint density at radius 1 is 1.35 bits per heavy atom. The second kappa shape index (κ2) is 9.10. The van der Waals surface area contributed by atoms with Crippen LogP contribution in [0.4, 0.5) is 10.8 Å². The number of aromatic nitrogens is 2. The normalized spacial score (nSPS) is 12.0. The van der Waals surface area contributed by atoms with Crippen LogP contribution in [0.2, 0.25) is 5.02 Å². The van der Waals surface area contributed by atoms with Crippen LogP contribution in [-0.4, -0.2) is 27.9 Å². The molecule has 2 N–H and O–H groups in total. The predicted molar refractivity (Wildman–Crippen MR) is 98.7 cm³/mol. The van der Waals surface area contributed by atoms with Crippen molar-refractivity contribution in [2.24, 2.45) is 0 Å². The Balaban J connectivity index is 1.84. The SMILES string of the molecule is CCCCNc1nnc(S[C@@H](C)C(=O)Nc2ccc(Cl)cc2)s1. The summed E-state index contributed by atoms with van der Waals surface area (Å²) in [5, 5.41) is 15.5. The maximum Gasteiger partial charge on any atom is 0.237 e. The molecule has 0 saturated carbocycles. The molecule has 5 nitrogen and oxygen atoms in total. The Labute approximate surface area is 149 Å². The molecule has 0 fully saturated rings. The second-order valence-corrected chi connectivity index (χ2v) is 7.91. The zero-order chi connectivity index (χ0) is 16.7. The number of anilines is 2. The van der Waals surface area contributed by atoms with Gasteiger partial charge in [0.05, 0.1) is 5.25 Å². The first-order chi connectivity index (χ1) is 11.1. The number of nitrogens with one attached hydrogen (secondary N) is 2. The van der Waals surface area contributed by atoms with E-state index in [4.69, 9.17) is 11.6 Å². The molecule has 8 heteroatoms. The first kappa shape index (κ1) is 18.0. The highest BCUT2D eigenvalue weighted by molar-refractivity contribution is 8.02. The lowest BCUT2D eigenvalue weighted by molar-refractivity contribution is -0.115. The number of thioether (sulfide) groups is 1. The molecule has 1 aromatic carbocycles. The molecule has 23 heavy (non-hydrogen) atoms. The van der Waals surface area contributed by atoms with Crippen molar-refractivity contribution in [3.8, 4) is 0 Å². The predicted octanol–water partition coefficient (Wildman–Crippen LogP) is 4.52. The minimum absolute atomic E-state index is 0.0759. The van der Waals surface area contributed by atoms with Crippen LogP contribution in [0.3, 0.4) is 0 Å². The van der Waals surface area contributed by atoms with Gasteiger partial charge in [0.1, 0.15) is 0 Å². The molecule has 0 saturated heterocycles. The number of hydrogen-bond acceptors (Lipinski definition) is 6. The van der Waals surface area contributed by atoms with Crippen molar-refractivity contribution in [3.63, 3.8) is 0 Å². The molecule has 0 spiro atoms. The molecule has 1 atom stereocenters. The topological polar surface area (TPSA) is 66.9 Å². The zero-order valence-electron chi connectivity index (χ0n) is 13.0. The van der Waals surface area contributed by atoms with Crippen LogP contribution in [0, 0.1) is 0 Å². The number of halogens is 1. The molecule has 0 bridgehead atoms. The van der Waals surface area contributed by atoms with Gasteiger partial charge >= 0.3 is 0 Å². The number of carbonyl (C=O) groups is 1. The number of rotatable bonds is 8. The number of benzene rings is 1. The van der Waals surface area contributed by atoms with Crippen molar-refractivity contribution in [1.29, 1.82) is 0 Å². The molecule has 0 aliphatic heterocycles. The second-order valence-electron chi connectivity index (χ2n) is 4.91. The summed E-state index contributed by atoms with van der Waals surface area (Å²) in [5.74, 6) is -0.0759. The van der Waals surface area contributed by atoms with Crippen LogP contribution in [0.5, 0.6) is 0 Å². The van der Waals surface area contributed by atoms with Gasteiger partial charge in [-0.2, -0.15) is 0 Å². The molecular formula is C15H19ClN4OS2. The van der Waals surface area contributed by atoms with Crippen molar-refractivity contribution < 1.29 is 4.79 Å². The lowest BCUT2D eigenvalue weighted by atomic mass is 10.3. The minimum atomic E-state index is -0.262. The van der Waals surface area contributed by atoms with Gasteiger partial charge in [0.25, 0.3) is 0 Å². The molecule has 1 amide bonds. The Hall–Kier alpha value is -1.31. The highest BCUT2D eigenvalue weighted by Gasteiger charge is 2.17. The van der Waals surface area contributed by atoms with Gasteiger partial charge in [-0.15, -0.1) is 10.2 Å². The molecule has 0 aliphatic rings. The van der Waals surface area contributed by atoms with Crippen LogP contribution >= 0.6 is 34.7 Å². The molecule has 0 radical (unpaired) electrons. The summed E-state index contributed by atoms with van der Waals surface area (Å²) in [7, 11) is 0. The Bertz CT molecular complexity index is 633. The van der Waals surface area contributed by atoms with E-state index in [9.17, 15) is 4.79 Å². The molecular weight excluding hydrogens is 352 g/mol. The van der Waals surface area contributed by atoms with Crippen molar-refractivity contribution in [2.75, 3.05) is 17.2 Å². The highest BCUT2D eigenvalue weighted by Crippen LogP contribution is 2.29. The van der Waals surface area contributed by atoms with Crippen LogP contribution in [-0.2, 0) is 4.79 Å².